The van der Waals surface area contributed by atoms with Crippen molar-refractivity contribution in [1.29, 1.82) is 0 Å². The van der Waals surface area contributed by atoms with E-state index in [1.165, 1.54) is 18.2 Å². The third kappa shape index (κ3) is 1.92. The predicted molar refractivity (Wildman–Crippen MR) is 51.1 cm³/mol. The zero-order valence-corrected chi connectivity index (χ0v) is 7.87. The molecule has 0 radical (unpaired) electrons. The summed E-state index contributed by atoms with van der Waals surface area (Å²) in [7, 11) is 0. The van der Waals surface area contributed by atoms with Gasteiger partial charge in [-0.1, -0.05) is 0 Å². The van der Waals surface area contributed by atoms with Gasteiger partial charge in [0.1, 0.15) is 11.6 Å². The lowest BCUT2D eigenvalue weighted by atomic mass is 10.2. The van der Waals surface area contributed by atoms with Crippen LogP contribution in [0, 0.1) is 5.82 Å². The minimum absolute atomic E-state index is 0.130. The molecule has 1 atom stereocenters. The summed E-state index contributed by atoms with van der Waals surface area (Å²) in [6, 6.07) is 3.91. The molecule has 1 unspecified atom stereocenters. The van der Waals surface area contributed by atoms with Gasteiger partial charge in [0.05, 0.1) is 5.69 Å². The lowest BCUT2D eigenvalue weighted by Crippen LogP contribution is -2.37. The Hall–Kier alpha value is -1.62. The molecule has 1 aliphatic rings. The molecule has 15 heavy (non-hydrogen) atoms. The van der Waals surface area contributed by atoms with Gasteiger partial charge in [-0.25, -0.2) is 4.39 Å². The van der Waals surface area contributed by atoms with Crippen molar-refractivity contribution in [3.05, 3.63) is 24.0 Å². The zero-order chi connectivity index (χ0) is 10.8. The first-order chi connectivity index (χ1) is 7.20. The summed E-state index contributed by atoms with van der Waals surface area (Å²) >= 11 is 0. The van der Waals surface area contributed by atoms with Gasteiger partial charge in [0.25, 0.3) is 5.91 Å². The number of carbonyl (C=O) groups excluding carboxylic acids is 1. The fourth-order valence-electron chi connectivity index (χ4n) is 1.43. The maximum Gasteiger partial charge on any atom is 0.265 e. The van der Waals surface area contributed by atoms with E-state index in [0.29, 0.717) is 11.4 Å². The standard InChI is InChI=1S/C10H10FNO3/c11-6-1-2-8-7(5-6)12-10(14)9(15-8)3-4-13/h1-2,5,9,13H,3-4H2,(H,12,14). The molecule has 0 fully saturated rings. The molecule has 1 aromatic carbocycles. The highest BCUT2D eigenvalue weighted by atomic mass is 19.1. The van der Waals surface area contributed by atoms with Gasteiger partial charge in [0, 0.05) is 19.1 Å². The number of amides is 1. The number of nitrogens with one attached hydrogen (secondary N) is 1. The van der Waals surface area contributed by atoms with E-state index in [0.717, 1.165) is 0 Å². The minimum atomic E-state index is -0.701. The number of aliphatic hydroxyl groups excluding tert-OH is 1. The number of benzene rings is 1. The summed E-state index contributed by atoms with van der Waals surface area (Å²) in [4.78, 5) is 11.4. The molecule has 4 nitrogen and oxygen atoms in total. The zero-order valence-electron chi connectivity index (χ0n) is 7.87. The van der Waals surface area contributed by atoms with E-state index in [1.807, 2.05) is 0 Å². The quantitative estimate of drug-likeness (QED) is 0.764. The molecule has 0 aliphatic carbocycles. The topological polar surface area (TPSA) is 58.6 Å². The number of halogens is 1. The number of ether oxygens (including phenoxy) is 1. The predicted octanol–water partition coefficient (Wildman–Crippen LogP) is 0.908. The molecule has 0 saturated carbocycles. The first kappa shape index (κ1) is 9.92. The summed E-state index contributed by atoms with van der Waals surface area (Å²) < 4.78 is 18.1. The van der Waals surface area contributed by atoms with Crippen molar-refractivity contribution in [2.75, 3.05) is 11.9 Å². The first-order valence-electron chi connectivity index (χ1n) is 4.58. The smallest absolute Gasteiger partial charge is 0.265 e. The fraction of sp³-hybridized carbons (Fsp3) is 0.300. The number of aliphatic hydroxyl groups is 1. The van der Waals surface area contributed by atoms with Crippen LogP contribution in [-0.4, -0.2) is 23.7 Å². The van der Waals surface area contributed by atoms with Crippen LogP contribution >= 0.6 is 0 Å². The number of anilines is 1. The van der Waals surface area contributed by atoms with Gasteiger partial charge in [-0.15, -0.1) is 0 Å². The first-order valence-corrected chi connectivity index (χ1v) is 4.58. The molecule has 80 valence electrons. The van der Waals surface area contributed by atoms with Crippen molar-refractivity contribution in [3.8, 4) is 5.75 Å². The number of fused-ring (bicyclic) bond motifs is 1. The van der Waals surface area contributed by atoms with Gasteiger partial charge < -0.3 is 15.2 Å². The van der Waals surface area contributed by atoms with Gasteiger partial charge >= 0.3 is 0 Å². The van der Waals surface area contributed by atoms with E-state index in [1.54, 1.807) is 0 Å². The number of rotatable bonds is 2. The largest absolute Gasteiger partial charge is 0.478 e. The Morgan fingerprint density at radius 3 is 3.07 bits per heavy atom. The van der Waals surface area contributed by atoms with Gasteiger partial charge in [0.2, 0.25) is 0 Å². The summed E-state index contributed by atoms with van der Waals surface area (Å²) in [6.07, 6.45) is -0.476. The highest BCUT2D eigenvalue weighted by Crippen LogP contribution is 2.30. The van der Waals surface area contributed by atoms with Crippen LogP contribution in [0.25, 0.3) is 0 Å². The van der Waals surface area contributed by atoms with E-state index < -0.39 is 11.9 Å². The van der Waals surface area contributed by atoms with Crippen molar-refractivity contribution in [2.24, 2.45) is 0 Å². The maximum atomic E-state index is 12.8. The van der Waals surface area contributed by atoms with Crippen LogP contribution in [0.5, 0.6) is 5.75 Å². The monoisotopic (exact) mass is 211 g/mol. The fourth-order valence-corrected chi connectivity index (χ4v) is 1.43. The minimum Gasteiger partial charge on any atom is -0.478 e. The van der Waals surface area contributed by atoms with Crippen LogP contribution in [0.2, 0.25) is 0 Å². The van der Waals surface area contributed by atoms with Crippen LogP contribution in [0.4, 0.5) is 10.1 Å². The third-order valence-corrected chi connectivity index (χ3v) is 2.15. The second-order valence-corrected chi connectivity index (χ2v) is 3.25. The summed E-state index contributed by atoms with van der Waals surface area (Å²) in [5.74, 6) is -0.366. The Morgan fingerprint density at radius 1 is 1.53 bits per heavy atom. The van der Waals surface area contributed by atoms with E-state index in [9.17, 15) is 9.18 Å². The second-order valence-electron chi connectivity index (χ2n) is 3.25. The van der Waals surface area contributed by atoms with Crippen LogP contribution in [-0.2, 0) is 4.79 Å². The molecule has 1 amide bonds. The molecule has 0 bridgehead atoms. The Morgan fingerprint density at radius 2 is 2.33 bits per heavy atom. The molecule has 2 rings (SSSR count). The third-order valence-electron chi connectivity index (χ3n) is 2.15. The van der Waals surface area contributed by atoms with Gasteiger partial charge in [-0.3, -0.25) is 4.79 Å². The van der Waals surface area contributed by atoms with Crippen molar-refractivity contribution < 1.29 is 19.0 Å². The van der Waals surface area contributed by atoms with E-state index in [-0.39, 0.29) is 18.9 Å². The average molecular weight is 211 g/mol. The molecule has 1 heterocycles. The number of carbonyl (C=O) groups is 1. The molecule has 5 heteroatoms. The van der Waals surface area contributed by atoms with Crippen molar-refractivity contribution in [3.63, 3.8) is 0 Å². The highest BCUT2D eigenvalue weighted by molar-refractivity contribution is 5.97. The van der Waals surface area contributed by atoms with E-state index in [2.05, 4.69) is 5.32 Å². The van der Waals surface area contributed by atoms with E-state index >= 15 is 0 Å². The molecule has 1 aromatic rings. The molecule has 2 N–H and O–H groups in total. The van der Waals surface area contributed by atoms with Gasteiger partial charge in [-0.2, -0.15) is 0 Å². The molecular weight excluding hydrogens is 201 g/mol. The molecule has 1 aliphatic heterocycles. The molecule has 0 saturated heterocycles. The van der Waals surface area contributed by atoms with E-state index in [4.69, 9.17) is 9.84 Å². The van der Waals surface area contributed by atoms with Gasteiger partial charge in [-0.05, 0) is 12.1 Å². The number of hydrogen-bond donors (Lipinski definition) is 2. The maximum absolute atomic E-state index is 12.8. The number of hydrogen-bond acceptors (Lipinski definition) is 3. The SMILES string of the molecule is O=C1Nc2cc(F)ccc2OC1CCO. The van der Waals surface area contributed by atoms with Crippen LogP contribution in [0.15, 0.2) is 18.2 Å². The van der Waals surface area contributed by atoms with Crippen molar-refractivity contribution >= 4 is 11.6 Å². The van der Waals surface area contributed by atoms with Crippen LogP contribution < -0.4 is 10.1 Å². The van der Waals surface area contributed by atoms with Crippen molar-refractivity contribution in [1.82, 2.24) is 0 Å². The Kier molecular flexibility index (Phi) is 2.55. The highest BCUT2D eigenvalue weighted by Gasteiger charge is 2.27. The Bertz CT molecular complexity index is 394. The Balaban J connectivity index is 2.26. The normalized spacial score (nSPS) is 19.1. The summed E-state index contributed by atoms with van der Waals surface area (Å²) in [6.45, 7) is -0.130. The molecular formula is C10H10FNO3. The van der Waals surface area contributed by atoms with Crippen LogP contribution in [0.1, 0.15) is 6.42 Å². The molecule has 0 aromatic heterocycles. The lowest BCUT2D eigenvalue weighted by molar-refractivity contribution is -0.124. The lowest BCUT2D eigenvalue weighted by Gasteiger charge is -2.25. The van der Waals surface area contributed by atoms with Gasteiger partial charge in [0.15, 0.2) is 6.10 Å². The molecule has 0 spiro atoms. The Labute approximate surface area is 85.7 Å². The van der Waals surface area contributed by atoms with Crippen LogP contribution in [0.3, 0.4) is 0 Å². The summed E-state index contributed by atoms with van der Waals surface area (Å²) in [5.41, 5.74) is 0.328. The summed E-state index contributed by atoms with van der Waals surface area (Å²) in [5, 5.41) is 11.2. The van der Waals surface area contributed by atoms with Crippen molar-refractivity contribution in [2.45, 2.75) is 12.5 Å². The second kappa shape index (κ2) is 3.86. The average Bonchev–Trinajstić information content (AvgIpc) is 2.20.